The van der Waals surface area contributed by atoms with Gasteiger partial charge in [-0.05, 0) is 37.3 Å². The average Bonchev–Trinajstić information content (AvgIpc) is 3.03. The fourth-order valence-electron chi connectivity index (χ4n) is 2.38. The van der Waals surface area contributed by atoms with Gasteiger partial charge in [0.05, 0.1) is 23.0 Å². The molecule has 1 N–H and O–H groups in total. The van der Waals surface area contributed by atoms with E-state index in [-0.39, 0.29) is 5.91 Å². The van der Waals surface area contributed by atoms with Crippen LogP contribution in [0.5, 0.6) is 0 Å². The van der Waals surface area contributed by atoms with Crippen molar-refractivity contribution in [2.75, 3.05) is 6.54 Å². The summed E-state index contributed by atoms with van der Waals surface area (Å²) in [7, 11) is 0. The van der Waals surface area contributed by atoms with Gasteiger partial charge in [-0.15, -0.1) is 11.3 Å². The van der Waals surface area contributed by atoms with Gasteiger partial charge in [-0.25, -0.2) is 4.98 Å². The first kappa shape index (κ1) is 16.8. The Morgan fingerprint density at radius 3 is 2.92 bits per heavy atom. The third-order valence-electron chi connectivity index (χ3n) is 3.67. The molecule has 0 saturated carbocycles. The lowest BCUT2D eigenvalue weighted by Crippen LogP contribution is -2.25. The van der Waals surface area contributed by atoms with Crippen molar-refractivity contribution in [3.63, 3.8) is 0 Å². The molecule has 2 aromatic heterocycles. The number of benzene rings is 1. The maximum absolute atomic E-state index is 12.2. The number of carbonyl (C=O) groups is 1. The maximum Gasteiger partial charge on any atom is 0.251 e. The minimum absolute atomic E-state index is 0.177. The molecular weight excluding hydrogens is 332 g/mol. The summed E-state index contributed by atoms with van der Waals surface area (Å²) in [4.78, 5) is 22.2. The summed E-state index contributed by atoms with van der Waals surface area (Å²) in [6.45, 7) is 2.48. The van der Waals surface area contributed by atoms with Gasteiger partial charge in [0.25, 0.3) is 5.91 Å². The lowest BCUT2D eigenvalue weighted by atomic mass is 10.1. The van der Waals surface area contributed by atoms with E-state index in [1.54, 1.807) is 41.8 Å². The Balaban J connectivity index is 1.62. The Labute approximate surface area is 150 Å². The van der Waals surface area contributed by atoms with Gasteiger partial charge in [0, 0.05) is 29.6 Å². The molecule has 0 unspecified atom stereocenters. The van der Waals surface area contributed by atoms with Crippen molar-refractivity contribution in [1.82, 2.24) is 15.3 Å². The Hall–Kier alpha value is -3.04. The highest BCUT2D eigenvalue weighted by Gasteiger charge is 2.11. The van der Waals surface area contributed by atoms with Gasteiger partial charge < -0.3 is 5.32 Å². The molecule has 2 heterocycles. The van der Waals surface area contributed by atoms with E-state index in [4.69, 9.17) is 5.26 Å². The summed E-state index contributed by atoms with van der Waals surface area (Å²) in [5, 5.41) is 12.7. The second kappa shape index (κ2) is 7.69. The Morgan fingerprint density at radius 2 is 2.16 bits per heavy atom. The number of thiazole rings is 1. The number of nitriles is 1. The summed E-state index contributed by atoms with van der Waals surface area (Å²) in [6, 6.07) is 14.5. The third kappa shape index (κ3) is 4.08. The van der Waals surface area contributed by atoms with Gasteiger partial charge in [0.2, 0.25) is 0 Å². The van der Waals surface area contributed by atoms with Gasteiger partial charge in [-0.3, -0.25) is 9.78 Å². The largest absolute Gasteiger partial charge is 0.352 e. The van der Waals surface area contributed by atoms with Crippen LogP contribution in [-0.2, 0) is 6.42 Å². The molecule has 0 aliphatic carbocycles. The predicted molar refractivity (Wildman–Crippen MR) is 97.3 cm³/mol. The van der Waals surface area contributed by atoms with E-state index < -0.39 is 0 Å². The molecule has 5 nitrogen and oxygen atoms in total. The number of pyridine rings is 1. The summed E-state index contributed by atoms with van der Waals surface area (Å²) < 4.78 is 0. The molecule has 3 aromatic rings. The standard InChI is InChI=1S/C19H16N4OS/c1-13-17(25-19(23-13)16-7-2-3-9-21-16)8-10-22-18(24)15-6-4-5-14(11-15)12-20/h2-7,9,11H,8,10H2,1H3,(H,22,24). The minimum Gasteiger partial charge on any atom is -0.352 e. The monoisotopic (exact) mass is 348 g/mol. The number of aryl methyl sites for hydroxylation is 1. The number of nitrogens with one attached hydrogen (secondary N) is 1. The van der Waals surface area contributed by atoms with Gasteiger partial charge in [0.15, 0.2) is 0 Å². The molecule has 0 fully saturated rings. The van der Waals surface area contributed by atoms with Crippen LogP contribution in [0.4, 0.5) is 0 Å². The highest BCUT2D eigenvalue weighted by Crippen LogP contribution is 2.26. The van der Waals surface area contributed by atoms with Crippen LogP contribution in [0.3, 0.4) is 0 Å². The summed E-state index contributed by atoms with van der Waals surface area (Å²) in [6.07, 6.45) is 2.46. The summed E-state index contributed by atoms with van der Waals surface area (Å²) in [5.74, 6) is -0.177. The van der Waals surface area contributed by atoms with E-state index in [1.807, 2.05) is 31.2 Å². The smallest absolute Gasteiger partial charge is 0.251 e. The molecule has 0 aliphatic heterocycles. The molecule has 0 spiro atoms. The van der Waals surface area contributed by atoms with E-state index in [1.165, 1.54) is 0 Å². The Morgan fingerprint density at radius 1 is 1.28 bits per heavy atom. The number of amides is 1. The van der Waals surface area contributed by atoms with Crippen LogP contribution in [0.2, 0.25) is 0 Å². The van der Waals surface area contributed by atoms with Crippen molar-refractivity contribution < 1.29 is 4.79 Å². The normalized spacial score (nSPS) is 10.2. The maximum atomic E-state index is 12.2. The van der Waals surface area contributed by atoms with Crippen LogP contribution in [-0.4, -0.2) is 22.4 Å². The van der Waals surface area contributed by atoms with Crippen LogP contribution in [0.15, 0.2) is 48.7 Å². The number of carbonyl (C=O) groups excluding carboxylic acids is 1. The highest BCUT2D eigenvalue weighted by molar-refractivity contribution is 7.15. The molecule has 0 atom stereocenters. The van der Waals surface area contributed by atoms with E-state index in [2.05, 4.69) is 15.3 Å². The van der Waals surface area contributed by atoms with Gasteiger partial charge in [0.1, 0.15) is 5.01 Å². The molecular formula is C19H16N4OS. The zero-order valence-corrected chi connectivity index (χ0v) is 14.5. The van der Waals surface area contributed by atoms with Crippen LogP contribution in [0.25, 0.3) is 10.7 Å². The van der Waals surface area contributed by atoms with Crippen molar-refractivity contribution in [2.24, 2.45) is 0 Å². The molecule has 124 valence electrons. The first-order chi connectivity index (χ1) is 12.2. The van der Waals surface area contributed by atoms with E-state index in [9.17, 15) is 4.79 Å². The number of rotatable bonds is 5. The van der Waals surface area contributed by atoms with Gasteiger partial charge in [-0.2, -0.15) is 5.26 Å². The topological polar surface area (TPSA) is 78.7 Å². The Kier molecular flexibility index (Phi) is 5.17. The Bertz CT molecular complexity index is 928. The van der Waals surface area contributed by atoms with Crippen molar-refractivity contribution in [3.8, 4) is 16.8 Å². The molecule has 1 amide bonds. The lowest BCUT2D eigenvalue weighted by Gasteiger charge is -2.05. The van der Waals surface area contributed by atoms with Crippen molar-refractivity contribution >= 4 is 17.2 Å². The number of aromatic nitrogens is 2. The number of hydrogen-bond donors (Lipinski definition) is 1. The fraction of sp³-hybridized carbons (Fsp3) is 0.158. The predicted octanol–water partition coefficient (Wildman–Crippen LogP) is 3.36. The average molecular weight is 348 g/mol. The second-order valence-corrected chi connectivity index (χ2v) is 6.52. The van der Waals surface area contributed by atoms with Crippen LogP contribution in [0.1, 0.15) is 26.5 Å². The summed E-state index contributed by atoms with van der Waals surface area (Å²) >= 11 is 1.60. The molecule has 25 heavy (non-hydrogen) atoms. The molecule has 0 aliphatic rings. The van der Waals surface area contributed by atoms with E-state index in [0.717, 1.165) is 21.3 Å². The van der Waals surface area contributed by atoms with E-state index in [0.29, 0.717) is 24.1 Å². The fourth-order valence-corrected chi connectivity index (χ4v) is 3.42. The zero-order chi connectivity index (χ0) is 17.6. The lowest BCUT2D eigenvalue weighted by molar-refractivity contribution is 0.0954. The molecule has 0 radical (unpaired) electrons. The van der Waals surface area contributed by atoms with Crippen LogP contribution >= 0.6 is 11.3 Å². The van der Waals surface area contributed by atoms with Gasteiger partial charge >= 0.3 is 0 Å². The molecule has 1 aromatic carbocycles. The number of nitrogens with zero attached hydrogens (tertiary/aromatic N) is 3. The number of hydrogen-bond acceptors (Lipinski definition) is 5. The van der Waals surface area contributed by atoms with Crippen LogP contribution < -0.4 is 5.32 Å². The first-order valence-electron chi connectivity index (χ1n) is 7.83. The zero-order valence-electron chi connectivity index (χ0n) is 13.7. The minimum atomic E-state index is -0.177. The molecule has 6 heteroatoms. The van der Waals surface area contributed by atoms with Gasteiger partial charge in [-0.1, -0.05) is 12.1 Å². The van der Waals surface area contributed by atoms with Crippen molar-refractivity contribution in [2.45, 2.75) is 13.3 Å². The molecule has 0 bridgehead atoms. The van der Waals surface area contributed by atoms with Crippen molar-refractivity contribution in [1.29, 1.82) is 5.26 Å². The highest BCUT2D eigenvalue weighted by atomic mass is 32.1. The molecule has 0 saturated heterocycles. The van der Waals surface area contributed by atoms with Crippen molar-refractivity contribution in [3.05, 3.63) is 70.4 Å². The molecule has 3 rings (SSSR count). The van der Waals surface area contributed by atoms with Crippen LogP contribution in [0, 0.1) is 18.3 Å². The second-order valence-electron chi connectivity index (χ2n) is 5.44. The summed E-state index contributed by atoms with van der Waals surface area (Å²) in [5.41, 5.74) is 2.80. The third-order valence-corrected chi connectivity index (χ3v) is 4.91. The van der Waals surface area contributed by atoms with E-state index >= 15 is 0 Å². The quantitative estimate of drug-likeness (QED) is 0.767. The SMILES string of the molecule is Cc1nc(-c2ccccn2)sc1CCNC(=O)c1cccc(C#N)c1. The first-order valence-corrected chi connectivity index (χ1v) is 8.65.